The van der Waals surface area contributed by atoms with Crippen molar-refractivity contribution < 1.29 is 38.3 Å². The van der Waals surface area contributed by atoms with E-state index in [4.69, 9.17) is 4.74 Å². The molecule has 0 radical (unpaired) electrons. The van der Waals surface area contributed by atoms with Crippen molar-refractivity contribution in [2.75, 3.05) is 6.54 Å². The summed E-state index contributed by atoms with van der Waals surface area (Å²) in [7, 11) is 0. The van der Waals surface area contributed by atoms with Crippen LogP contribution < -0.4 is 26.6 Å². The fourth-order valence-electron chi connectivity index (χ4n) is 7.61. The van der Waals surface area contributed by atoms with E-state index in [1.165, 1.54) is 0 Å². The van der Waals surface area contributed by atoms with E-state index in [9.17, 15) is 33.6 Å². The fourth-order valence-corrected chi connectivity index (χ4v) is 7.61. The third-order valence-electron chi connectivity index (χ3n) is 10.6. The second kappa shape index (κ2) is 22.8. The van der Waals surface area contributed by atoms with Crippen LogP contribution in [0, 0.1) is 5.92 Å². The lowest BCUT2D eigenvalue weighted by Gasteiger charge is -2.31. The third-order valence-corrected chi connectivity index (χ3v) is 10.6. The smallest absolute Gasteiger partial charge is 0.333 e. The summed E-state index contributed by atoms with van der Waals surface area (Å²) in [6.07, 6.45) is 11.1. The summed E-state index contributed by atoms with van der Waals surface area (Å²) in [6, 6.07) is 12.1. The van der Waals surface area contributed by atoms with Crippen molar-refractivity contribution >= 4 is 41.3 Å². The lowest BCUT2D eigenvalue weighted by atomic mass is 9.83. The molecule has 13 heteroatoms. The highest BCUT2D eigenvalue weighted by Gasteiger charge is 2.35. The summed E-state index contributed by atoms with van der Waals surface area (Å²) in [6.45, 7) is 6.31. The van der Waals surface area contributed by atoms with Crippen molar-refractivity contribution in [1.82, 2.24) is 26.6 Å². The highest BCUT2D eigenvalue weighted by atomic mass is 16.6. The Morgan fingerprint density at radius 1 is 0.793 bits per heavy atom. The Labute approximate surface area is 343 Å². The van der Waals surface area contributed by atoms with E-state index in [1.54, 1.807) is 58.0 Å². The van der Waals surface area contributed by atoms with Gasteiger partial charge in [-0.1, -0.05) is 106 Å². The minimum absolute atomic E-state index is 0.0748. The van der Waals surface area contributed by atoms with E-state index in [0.717, 1.165) is 81.8 Å². The molecule has 2 aliphatic rings. The molecule has 1 saturated carbocycles. The van der Waals surface area contributed by atoms with Crippen molar-refractivity contribution in [2.24, 2.45) is 5.92 Å². The molecule has 0 saturated heterocycles. The van der Waals surface area contributed by atoms with Crippen LogP contribution in [-0.4, -0.2) is 71.6 Å². The highest BCUT2D eigenvalue weighted by molar-refractivity contribution is 6.38. The van der Waals surface area contributed by atoms with Crippen LogP contribution in [0.4, 0.5) is 0 Å². The number of nitrogens with one attached hydrogen (secondary N) is 5. The molecule has 1 aliphatic heterocycles. The molecule has 1 heterocycles. The quantitative estimate of drug-likeness (QED) is 0.149. The summed E-state index contributed by atoms with van der Waals surface area (Å²) < 4.78 is 5.51. The van der Waals surface area contributed by atoms with Gasteiger partial charge in [-0.15, -0.1) is 0 Å². The average molecular weight is 802 g/mol. The molecule has 0 aromatic heterocycles. The maximum atomic E-state index is 14.2. The number of rotatable bonds is 12. The van der Waals surface area contributed by atoms with Crippen LogP contribution in [0.25, 0.3) is 0 Å². The van der Waals surface area contributed by atoms with Crippen LogP contribution in [0.5, 0.6) is 0 Å². The molecule has 316 valence electrons. The molecule has 58 heavy (non-hydrogen) atoms. The number of benzene rings is 2. The van der Waals surface area contributed by atoms with Crippen LogP contribution in [0.15, 0.2) is 54.6 Å². The maximum Gasteiger partial charge on any atom is 0.333 e. The molecule has 4 rings (SSSR count). The van der Waals surface area contributed by atoms with Gasteiger partial charge in [0.15, 0.2) is 6.04 Å². The molecular formula is C45H63N5O8. The van der Waals surface area contributed by atoms with E-state index in [1.807, 2.05) is 24.3 Å². The molecule has 1 aliphatic carbocycles. The van der Waals surface area contributed by atoms with Crippen molar-refractivity contribution in [3.8, 4) is 0 Å². The van der Waals surface area contributed by atoms with Crippen molar-refractivity contribution in [3.63, 3.8) is 0 Å². The Hall–Kier alpha value is -5.07. The Morgan fingerprint density at radius 2 is 1.45 bits per heavy atom. The Bertz CT molecular complexity index is 1720. The number of fused-ring (bicyclic) bond motifs is 2. The molecule has 2 unspecified atom stereocenters. The first kappa shape index (κ1) is 45.6. The lowest BCUT2D eigenvalue weighted by molar-refractivity contribution is -0.158. The van der Waals surface area contributed by atoms with Crippen LogP contribution >= 0.6 is 0 Å². The fraction of sp³-hybridized carbons (Fsp3) is 0.578. The Kier molecular flexibility index (Phi) is 17.9. The van der Waals surface area contributed by atoms with Crippen LogP contribution in [-0.2, 0) is 51.1 Å². The number of Topliss-reactive ketones (excluding diaryl/α,β-unsaturated/α-hetero) is 1. The van der Waals surface area contributed by atoms with Gasteiger partial charge in [-0.05, 0) is 81.9 Å². The Balaban J connectivity index is 1.49. The molecule has 0 spiro atoms. The van der Waals surface area contributed by atoms with Crippen molar-refractivity contribution in [1.29, 1.82) is 0 Å². The molecule has 2 aromatic carbocycles. The van der Waals surface area contributed by atoms with Gasteiger partial charge < -0.3 is 31.3 Å². The van der Waals surface area contributed by atoms with E-state index >= 15 is 0 Å². The number of ether oxygens (including phenoxy) is 1. The normalized spacial score (nSPS) is 19.9. The molecule has 2 bridgehead atoms. The minimum atomic E-state index is -1.25. The molecule has 5 amide bonds. The van der Waals surface area contributed by atoms with Gasteiger partial charge in [0.25, 0.3) is 5.91 Å². The van der Waals surface area contributed by atoms with E-state index in [0.29, 0.717) is 18.4 Å². The number of hydrogen-bond donors (Lipinski definition) is 5. The number of carbonyl (C=O) groups is 7. The van der Waals surface area contributed by atoms with Crippen LogP contribution in [0.1, 0.15) is 134 Å². The zero-order chi connectivity index (χ0) is 42.1. The van der Waals surface area contributed by atoms with Crippen molar-refractivity contribution in [3.05, 3.63) is 71.3 Å². The van der Waals surface area contributed by atoms with Gasteiger partial charge in [0.2, 0.25) is 29.4 Å². The first-order valence-electron chi connectivity index (χ1n) is 21.1. The SMILES string of the molecule is CCCC(NC(=O)[C@@H]1Cc2cccc(c2)CCCCCCCC(=O)N[C@@H](C2CCCCC2)C(=O)N1)C(=O)C(=O)NCC(=O)NC(C(=O)OC(C)(C)C)c1ccccc1. The van der Waals surface area contributed by atoms with Gasteiger partial charge in [-0.2, -0.15) is 0 Å². The summed E-state index contributed by atoms with van der Waals surface area (Å²) in [5.74, 6) is -4.83. The number of ketones is 1. The third kappa shape index (κ3) is 15.0. The number of amides is 5. The number of hydrogen-bond acceptors (Lipinski definition) is 8. The van der Waals surface area contributed by atoms with Gasteiger partial charge in [0.1, 0.15) is 17.7 Å². The second-order valence-electron chi connectivity index (χ2n) is 16.6. The topological polar surface area (TPSA) is 189 Å². The molecule has 2 aromatic rings. The van der Waals surface area contributed by atoms with Gasteiger partial charge in [0, 0.05) is 12.8 Å². The molecule has 13 nitrogen and oxygen atoms in total. The summed E-state index contributed by atoms with van der Waals surface area (Å²) in [5, 5.41) is 13.6. The van der Waals surface area contributed by atoms with Gasteiger partial charge in [0.05, 0.1) is 12.6 Å². The zero-order valence-electron chi connectivity index (χ0n) is 34.7. The number of aryl methyl sites for hydroxylation is 1. The molecular weight excluding hydrogens is 739 g/mol. The number of esters is 1. The first-order valence-corrected chi connectivity index (χ1v) is 21.1. The largest absolute Gasteiger partial charge is 0.458 e. The van der Waals surface area contributed by atoms with E-state index < -0.39 is 71.7 Å². The monoisotopic (exact) mass is 801 g/mol. The lowest BCUT2D eigenvalue weighted by Crippen LogP contribution is -2.59. The van der Waals surface area contributed by atoms with Gasteiger partial charge in [-0.25, -0.2) is 4.79 Å². The summed E-state index contributed by atoms with van der Waals surface area (Å²) >= 11 is 0. The first-order chi connectivity index (χ1) is 27.7. The van der Waals surface area contributed by atoms with E-state index in [-0.39, 0.29) is 24.7 Å². The molecule has 4 atom stereocenters. The summed E-state index contributed by atoms with van der Waals surface area (Å²) in [4.78, 5) is 94.3. The Morgan fingerprint density at radius 3 is 2.14 bits per heavy atom. The highest BCUT2D eigenvalue weighted by Crippen LogP contribution is 2.27. The van der Waals surface area contributed by atoms with Gasteiger partial charge >= 0.3 is 5.97 Å². The van der Waals surface area contributed by atoms with E-state index in [2.05, 4.69) is 26.6 Å². The molecule has 1 fully saturated rings. The summed E-state index contributed by atoms with van der Waals surface area (Å²) in [5.41, 5.74) is 1.59. The predicted octanol–water partition coefficient (Wildman–Crippen LogP) is 4.85. The average Bonchev–Trinajstić information content (AvgIpc) is 3.19. The minimum Gasteiger partial charge on any atom is -0.458 e. The second-order valence-corrected chi connectivity index (χ2v) is 16.6. The predicted molar refractivity (Wildman–Crippen MR) is 220 cm³/mol. The maximum absolute atomic E-state index is 14.2. The van der Waals surface area contributed by atoms with Crippen molar-refractivity contribution in [2.45, 2.75) is 154 Å². The molecule has 5 N–H and O–H groups in total. The van der Waals surface area contributed by atoms with Gasteiger partial charge in [-0.3, -0.25) is 28.8 Å². The standard InChI is InChI=1S/C45H63N5O8/c1-5-18-34(40(53)43(56)46-29-37(52)50-39(33-24-14-10-15-25-33)44(57)58-45(2,3)4)47-41(54)35-28-31-21-17-20-30(27-31)19-11-7-6-8-16-26-36(51)49-38(42(55)48-35)32-22-12-9-13-23-32/h10,14-15,17,20-21,24-25,27,32,34-35,38-39H,5-9,11-13,16,18-19,22-23,26,28-29H2,1-4H3,(H,46,56)(H,47,54)(H,48,55)(H,49,51)(H,50,52)/t34?,35-,38-,39?/m0/s1. The zero-order valence-corrected chi connectivity index (χ0v) is 34.7. The van der Waals surface area contributed by atoms with Crippen LogP contribution in [0.2, 0.25) is 0 Å². The number of carbonyl (C=O) groups excluding carboxylic acids is 7. The van der Waals surface area contributed by atoms with Crippen LogP contribution in [0.3, 0.4) is 0 Å².